The van der Waals surface area contributed by atoms with E-state index in [1.165, 1.54) is 6.92 Å². The van der Waals surface area contributed by atoms with Crippen molar-refractivity contribution in [1.29, 1.82) is 0 Å². The van der Waals surface area contributed by atoms with Crippen molar-refractivity contribution in [1.82, 2.24) is 0 Å². The Labute approximate surface area is 160 Å². The minimum absolute atomic E-state index is 0.0203. The van der Waals surface area contributed by atoms with Crippen LogP contribution in [0.15, 0.2) is 46.9 Å². The number of halogens is 1. The number of benzene rings is 2. The first-order valence-corrected chi connectivity index (χ1v) is 8.50. The summed E-state index contributed by atoms with van der Waals surface area (Å²) in [6.07, 6.45) is 0. The fourth-order valence-corrected chi connectivity index (χ4v) is 2.84. The van der Waals surface area contributed by atoms with Crippen LogP contribution in [0.2, 0.25) is 5.02 Å². The summed E-state index contributed by atoms with van der Waals surface area (Å²) in [6.45, 7) is 2.69. The van der Waals surface area contributed by atoms with Crippen molar-refractivity contribution < 1.29 is 23.5 Å². The van der Waals surface area contributed by atoms with Crippen molar-refractivity contribution in [3.05, 3.63) is 64.4 Å². The lowest BCUT2D eigenvalue weighted by atomic mass is 10.1. The van der Waals surface area contributed by atoms with E-state index in [4.69, 9.17) is 20.8 Å². The molecule has 0 radical (unpaired) electrons. The highest BCUT2D eigenvalue weighted by Gasteiger charge is 2.21. The number of hydrogen-bond acceptors (Lipinski definition) is 5. The molecular weight excluding hydrogens is 370 g/mol. The van der Waals surface area contributed by atoms with Gasteiger partial charge in [0, 0.05) is 29.1 Å². The third-order valence-electron chi connectivity index (χ3n) is 3.96. The molecule has 0 aliphatic rings. The van der Waals surface area contributed by atoms with E-state index < -0.39 is 12.6 Å². The molecule has 0 unspecified atom stereocenters. The van der Waals surface area contributed by atoms with Crippen molar-refractivity contribution in [3.63, 3.8) is 0 Å². The number of ether oxygens (including phenoxy) is 1. The van der Waals surface area contributed by atoms with Gasteiger partial charge >= 0.3 is 5.97 Å². The standard InChI is InChI=1S/C20H16ClNO5/c1-11-15-4-3-5-16(21)19(15)27-18(11)20(25)26-10-17(24)13-6-8-14(9-7-13)22-12(2)23/h3-9H,10H2,1-2H3,(H,22,23). The van der Waals surface area contributed by atoms with Gasteiger partial charge in [0.15, 0.2) is 18.0 Å². The quantitative estimate of drug-likeness (QED) is 0.520. The number of esters is 1. The number of aryl methyl sites for hydroxylation is 1. The maximum absolute atomic E-state index is 12.3. The molecule has 1 N–H and O–H groups in total. The second-order valence-corrected chi connectivity index (χ2v) is 6.34. The number of rotatable bonds is 5. The van der Waals surface area contributed by atoms with Gasteiger partial charge in [-0.15, -0.1) is 0 Å². The Hall–Kier alpha value is -3.12. The lowest BCUT2D eigenvalue weighted by Gasteiger charge is -2.05. The molecule has 0 aliphatic heterocycles. The molecule has 6 nitrogen and oxygen atoms in total. The molecule has 0 saturated carbocycles. The predicted molar refractivity (Wildman–Crippen MR) is 101 cm³/mol. The van der Waals surface area contributed by atoms with Gasteiger partial charge < -0.3 is 14.5 Å². The first-order valence-electron chi connectivity index (χ1n) is 8.12. The van der Waals surface area contributed by atoms with Gasteiger partial charge in [-0.05, 0) is 37.3 Å². The third kappa shape index (κ3) is 4.01. The summed E-state index contributed by atoms with van der Waals surface area (Å²) < 4.78 is 10.6. The number of furan rings is 1. The van der Waals surface area contributed by atoms with Crippen LogP contribution in [0.25, 0.3) is 11.0 Å². The van der Waals surface area contributed by atoms with Gasteiger partial charge in [-0.25, -0.2) is 4.79 Å². The summed E-state index contributed by atoms with van der Waals surface area (Å²) in [5.74, 6) is -1.29. The van der Waals surface area contributed by atoms with E-state index in [0.717, 1.165) is 0 Å². The number of nitrogens with one attached hydrogen (secondary N) is 1. The van der Waals surface area contributed by atoms with Crippen molar-refractivity contribution in [2.24, 2.45) is 0 Å². The normalized spacial score (nSPS) is 10.6. The predicted octanol–water partition coefficient (Wildman–Crippen LogP) is 4.39. The molecule has 1 heterocycles. The number of amides is 1. The number of carbonyl (C=O) groups is 3. The molecule has 0 spiro atoms. The summed E-state index contributed by atoms with van der Waals surface area (Å²) in [4.78, 5) is 35.5. The van der Waals surface area contributed by atoms with E-state index in [2.05, 4.69) is 5.32 Å². The van der Waals surface area contributed by atoms with Crippen LogP contribution in [-0.2, 0) is 9.53 Å². The van der Waals surface area contributed by atoms with E-state index in [9.17, 15) is 14.4 Å². The van der Waals surface area contributed by atoms with E-state index in [-0.39, 0.29) is 17.5 Å². The van der Waals surface area contributed by atoms with Gasteiger partial charge in [0.1, 0.15) is 0 Å². The molecule has 0 atom stereocenters. The van der Waals surface area contributed by atoms with Crippen LogP contribution in [0.1, 0.15) is 33.4 Å². The zero-order chi connectivity index (χ0) is 19.6. The van der Waals surface area contributed by atoms with E-state index >= 15 is 0 Å². The van der Waals surface area contributed by atoms with Crippen LogP contribution >= 0.6 is 11.6 Å². The number of hydrogen-bond donors (Lipinski definition) is 1. The fourth-order valence-electron chi connectivity index (χ4n) is 2.63. The highest BCUT2D eigenvalue weighted by molar-refractivity contribution is 6.35. The van der Waals surface area contributed by atoms with Crippen LogP contribution in [0, 0.1) is 6.92 Å². The molecular formula is C20H16ClNO5. The Morgan fingerprint density at radius 1 is 1.11 bits per heavy atom. The summed E-state index contributed by atoms with van der Waals surface area (Å²) in [5.41, 5.74) is 1.94. The van der Waals surface area contributed by atoms with Gasteiger partial charge in [0.2, 0.25) is 11.7 Å². The largest absolute Gasteiger partial charge is 0.451 e. The van der Waals surface area contributed by atoms with Gasteiger partial charge in [-0.3, -0.25) is 9.59 Å². The van der Waals surface area contributed by atoms with Crippen molar-refractivity contribution >= 4 is 45.9 Å². The van der Waals surface area contributed by atoms with Crippen LogP contribution in [0.5, 0.6) is 0 Å². The zero-order valence-electron chi connectivity index (χ0n) is 14.7. The fraction of sp³-hybridized carbons (Fsp3) is 0.150. The third-order valence-corrected chi connectivity index (χ3v) is 4.26. The van der Waals surface area contributed by atoms with Gasteiger partial charge in [-0.1, -0.05) is 23.7 Å². The molecule has 0 bridgehead atoms. The molecule has 0 saturated heterocycles. The minimum Gasteiger partial charge on any atom is -0.451 e. The van der Waals surface area contributed by atoms with Gasteiger partial charge in [-0.2, -0.15) is 0 Å². The Morgan fingerprint density at radius 2 is 1.81 bits per heavy atom. The Morgan fingerprint density at radius 3 is 2.44 bits per heavy atom. The van der Waals surface area contributed by atoms with Gasteiger partial charge in [0.05, 0.1) is 5.02 Å². The zero-order valence-corrected chi connectivity index (χ0v) is 15.4. The Kier molecular flexibility index (Phi) is 5.28. The number of anilines is 1. The second kappa shape index (κ2) is 7.63. The van der Waals surface area contributed by atoms with Crippen molar-refractivity contribution in [3.8, 4) is 0 Å². The monoisotopic (exact) mass is 385 g/mol. The van der Waals surface area contributed by atoms with Crippen LogP contribution in [-0.4, -0.2) is 24.3 Å². The topological polar surface area (TPSA) is 85.6 Å². The number of ketones is 1. The lowest BCUT2D eigenvalue weighted by Crippen LogP contribution is -2.14. The minimum atomic E-state index is -0.733. The van der Waals surface area contributed by atoms with Crippen molar-refractivity contribution in [2.75, 3.05) is 11.9 Å². The molecule has 0 fully saturated rings. The van der Waals surface area contributed by atoms with Gasteiger partial charge in [0.25, 0.3) is 0 Å². The maximum atomic E-state index is 12.3. The van der Waals surface area contributed by atoms with Crippen LogP contribution < -0.4 is 5.32 Å². The molecule has 1 amide bonds. The second-order valence-electron chi connectivity index (χ2n) is 5.93. The Bertz CT molecular complexity index is 1040. The number of carbonyl (C=O) groups excluding carboxylic acids is 3. The number of fused-ring (bicyclic) bond motifs is 1. The number of Topliss-reactive ketones (excluding diaryl/α,β-unsaturated/α-hetero) is 1. The first kappa shape index (κ1) is 18.7. The summed E-state index contributed by atoms with van der Waals surface area (Å²) in [7, 11) is 0. The summed E-state index contributed by atoms with van der Waals surface area (Å²) in [6, 6.07) is 11.5. The smallest absolute Gasteiger partial charge is 0.375 e. The van der Waals surface area contributed by atoms with E-state index in [1.807, 2.05) is 0 Å². The molecule has 0 aliphatic carbocycles. The molecule has 2 aromatic carbocycles. The average molecular weight is 386 g/mol. The highest BCUT2D eigenvalue weighted by Crippen LogP contribution is 2.31. The highest BCUT2D eigenvalue weighted by atomic mass is 35.5. The van der Waals surface area contributed by atoms with E-state index in [1.54, 1.807) is 49.4 Å². The summed E-state index contributed by atoms with van der Waals surface area (Å²) >= 11 is 6.07. The molecule has 3 rings (SSSR count). The lowest BCUT2D eigenvalue weighted by molar-refractivity contribution is -0.114. The first-order chi connectivity index (χ1) is 12.9. The summed E-state index contributed by atoms with van der Waals surface area (Å²) in [5, 5.41) is 3.72. The SMILES string of the molecule is CC(=O)Nc1ccc(C(=O)COC(=O)c2oc3c(Cl)cccc3c2C)cc1. The molecule has 7 heteroatoms. The average Bonchev–Trinajstić information content (AvgIpc) is 2.98. The van der Waals surface area contributed by atoms with Crippen LogP contribution in [0.3, 0.4) is 0 Å². The van der Waals surface area contributed by atoms with Crippen molar-refractivity contribution in [2.45, 2.75) is 13.8 Å². The molecule has 138 valence electrons. The van der Waals surface area contributed by atoms with E-state index in [0.29, 0.717) is 32.8 Å². The Balaban J connectivity index is 1.68. The maximum Gasteiger partial charge on any atom is 0.375 e. The molecule has 3 aromatic rings. The number of para-hydroxylation sites is 1. The van der Waals surface area contributed by atoms with Crippen LogP contribution in [0.4, 0.5) is 5.69 Å². The molecule has 27 heavy (non-hydrogen) atoms. The molecule has 1 aromatic heterocycles.